The molecule has 0 saturated carbocycles. The van der Waals surface area contributed by atoms with Gasteiger partial charge in [0.25, 0.3) is 5.91 Å². The molecule has 7 heteroatoms. The highest BCUT2D eigenvalue weighted by Gasteiger charge is 2.31. The van der Waals surface area contributed by atoms with E-state index in [2.05, 4.69) is 10.7 Å². The Hall–Kier alpha value is -1.76. The molecule has 0 unspecified atom stereocenters. The second kappa shape index (κ2) is 6.60. The number of carbonyl (C=O) groups is 1. The molecule has 4 N–H and O–H groups in total. The summed E-state index contributed by atoms with van der Waals surface area (Å²) < 4.78 is 37.9. The quantitative estimate of drug-likeness (QED) is 0.577. The lowest BCUT2D eigenvalue weighted by Crippen LogP contribution is -2.27. The molecule has 0 atom stereocenters. The van der Waals surface area contributed by atoms with Crippen molar-refractivity contribution >= 4 is 11.6 Å². The van der Waals surface area contributed by atoms with Crippen molar-refractivity contribution in [2.45, 2.75) is 26.4 Å². The SMILES string of the molecule is CC(C)CCNC(=O)c1cc(C(F)(F)F)ccc1NN. The number of halogens is 3. The average molecular weight is 289 g/mol. The maximum atomic E-state index is 12.6. The second-order valence-electron chi connectivity index (χ2n) is 4.84. The lowest BCUT2D eigenvalue weighted by molar-refractivity contribution is -0.137. The molecule has 0 fully saturated rings. The number of nitrogens with one attached hydrogen (secondary N) is 2. The number of alkyl halides is 3. The van der Waals surface area contributed by atoms with Crippen molar-refractivity contribution in [3.05, 3.63) is 29.3 Å². The largest absolute Gasteiger partial charge is 0.416 e. The molecule has 0 spiro atoms. The molecule has 1 aromatic carbocycles. The summed E-state index contributed by atoms with van der Waals surface area (Å²) in [7, 11) is 0. The Balaban J connectivity index is 2.93. The fraction of sp³-hybridized carbons (Fsp3) is 0.462. The van der Waals surface area contributed by atoms with Gasteiger partial charge in [0.15, 0.2) is 0 Å². The molecule has 0 aliphatic rings. The second-order valence-corrected chi connectivity index (χ2v) is 4.84. The molecule has 0 aliphatic carbocycles. The van der Waals surface area contributed by atoms with Crippen molar-refractivity contribution in [3.8, 4) is 0 Å². The summed E-state index contributed by atoms with van der Waals surface area (Å²) in [5, 5.41) is 2.58. The summed E-state index contributed by atoms with van der Waals surface area (Å²) in [6.45, 7) is 4.38. The van der Waals surface area contributed by atoms with Gasteiger partial charge in [-0.25, -0.2) is 0 Å². The lowest BCUT2D eigenvalue weighted by Gasteiger charge is -2.13. The zero-order valence-electron chi connectivity index (χ0n) is 11.3. The van der Waals surface area contributed by atoms with Crippen LogP contribution in [0.1, 0.15) is 36.2 Å². The molecule has 0 aliphatic heterocycles. The Morgan fingerprint density at radius 3 is 2.50 bits per heavy atom. The number of carbonyl (C=O) groups excluding carboxylic acids is 1. The van der Waals surface area contributed by atoms with E-state index in [-0.39, 0.29) is 11.3 Å². The minimum absolute atomic E-state index is 0.119. The van der Waals surface area contributed by atoms with Crippen LogP contribution in [0.15, 0.2) is 18.2 Å². The number of hydrogen-bond acceptors (Lipinski definition) is 3. The fourth-order valence-corrected chi connectivity index (χ4v) is 1.60. The molecule has 0 saturated heterocycles. The van der Waals surface area contributed by atoms with Crippen LogP contribution in [0.3, 0.4) is 0 Å². The molecule has 0 bridgehead atoms. The van der Waals surface area contributed by atoms with Gasteiger partial charge in [0.05, 0.1) is 16.8 Å². The summed E-state index contributed by atoms with van der Waals surface area (Å²) in [5.41, 5.74) is 1.38. The molecule has 0 radical (unpaired) electrons. The van der Waals surface area contributed by atoms with E-state index in [9.17, 15) is 18.0 Å². The van der Waals surface area contributed by atoms with E-state index in [1.54, 1.807) is 0 Å². The Bertz CT molecular complexity index is 472. The van der Waals surface area contributed by atoms with Gasteiger partial charge in [-0.1, -0.05) is 13.8 Å². The number of nitrogen functional groups attached to an aromatic ring is 1. The number of nitrogens with two attached hydrogens (primary N) is 1. The van der Waals surface area contributed by atoms with Crippen molar-refractivity contribution in [1.82, 2.24) is 5.32 Å². The molecule has 1 aromatic rings. The van der Waals surface area contributed by atoms with Crippen LogP contribution in [0.2, 0.25) is 0 Å². The Kier molecular flexibility index (Phi) is 5.38. The van der Waals surface area contributed by atoms with Crippen LogP contribution in [0.25, 0.3) is 0 Å². The topological polar surface area (TPSA) is 67.2 Å². The monoisotopic (exact) mass is 289 g/mol. The van der Waals surface area contributed by atoms with Gasteiger partial charge < -0.3 is 10.7 Å². The van der Waals surface area contributed by atoms with Crippen molar-refractivity contribution in [2.75, 3.05) is 12.0 Å². The van der Waals surface area contributed by atoms with E-state index in [0.717, 1.165) is 24.6 Å². The van der Waals surface area contributed by atoms with E-state index in [0.29, 0.717) is 12.5 Å². The average Bonchev–Trinajstić information content (AvgIpc) is 2.36. The van der Waals surface area contributed by atoms with Crippen LogP contribution in [0.5, 0.6) is 0 Å². The summed E-state index contributed by atoms with van der Waals surface area (Å²) in [5.74, 6) is 5.03. The lowest BCUT2D eigenvalue weighted by atomic mass is 10.1. The van der Waals surface area contributed by atoms with Crippen LogP contribution in [0, 0.1) is 5.92 Å². The highest BCUT2D eigenvalue weighted by atomic mass is 19.4. The minimum Gasteiger partial charge on any atom is -0.352 e. The van der Waals surface area contributed by atoms with Crippen LogP contribution in [-0.2, 0) is 6.18 Å². The first-order chi connectivity index (χ1) is 9.25. The van der Waals surface area contributed by atoms with Gasteiger partial charge in [0.2, 0.25) is 0 Å². The summed E-state index contributed by atoms with van der Waals surface area (Å²) in [6.07, 6.45) is -3.75. The zero-order chi connectivity index (χ0) is 15.3. The van der Waals surface area contributed by atoms with Gasteiger partial charge in [-0.05, 0) is 30.5 Å². The maximum Gasteiger partial charge on any atom is 0.416 e. The van der Waals surface area contributed by atoms with Gasteiger partial charge in [-0.3, -0.25) is 10.6 Å². The highest BCUT2D eigenvalue weighted by molar-refractivity contribution is 5.99. The summed E-state index contributed by atoms with van der Waals surface area (Å²) in [6, 6.07) is 2.81. The Morgan fingerprint density at radius 1 is 1.35 bits per heavy atom. The van der Waals surface area contributed by atoms with Crippen molar-refractivity contribution < 1.29 is 18.0 Å². The van der Waals surface area contributed by atoms with E-state index in [4.69, 9.17) is 5.84 Å². The number of hydrazine groups is 1. The highest BCUT2D eigenvalue weighted by Crippen LogP contribution is 2.31. The third-order valence-electron chi connectivity index (χ3n) is 2.75. The molecule has 0 aromatic heterocycles. The van der Waals surface area contributed by atoms with Gasteiger partial charge >= 0.3 is 6.18 Å². The van der Waals surface area contributed by atoms with Crippen molar-refractivity contribution in [1.29, 1.82) is 0 Å². The van der Waals surface area contributed by atoms with Gasteiger partial charge in [-0.2, -0.15) is 13.2 Å². The van der Waals surface area contributed by atoms with E-state index >= 15 is 0 Å². The first kappa shape index (κ1) is 16.3. The van der Waals surface area contributed by atoms with E-state index in [1.807, 2.05) is 13.8 Å². The number of benzene rings is 1. The van der Waals surface area contributed by atoms with Crippen molar-refractivity contribution in [3.63, 3.8) is 0 Å². The predicted octanol–water partition coefficient (Wildman–Crippen LogP) is 2.77. The summed E-state index contributed by atoms with van der Waals surface area (Å²) >= 11 is 0. The third-order valence-corrected chi connectivity index (χ3v) is 2.75. The first-order valence-corrected chi connectivity index (χ1v) is 6.21. The summed E-state index contributed by atoms with van der Waals surface area (Å²) in [4.78, 5) is 11.9. The van der Waals surface area contributed by atoms with Crippen LogP contribution in [-0.4, -0.2) is 12.5 Å². The first-order valence-electron chi connectivity index (χ1n) is 6.21. The minimum atomic E-state index is -4.50. The standard InChI is InChI=1S/C13H18F3N3O/c1-8(2)5-6-18-12(20)10-7-9(13(14,15)16)3-4-11(10)19-17/h3-4,7-8,19H,5-6,17H2,1-2H3,(H,18,20). The molecule has 0 heterocycles. The number of hydrogen-bond donors (Lipinski definition) is 3. The Labute approximate surface area is 115 Å². The molecule has 4 nitrogen and oxygen atoms in total. The molecule has 112 valence electrons. The molecule has 1 amide bonds. The van der Waals surface area contributed by atoms with Crippen LogP contribution >= 0.6 is 0 Å². The molecule has 20 heavy (non-hydrogen) atoms. The Morgan fingerprint density at radius 2 is 2.00 bits per heavy atom. The van der Waals surface area contributed by atoms with Crippen LogP contribution in [0.4, 0.5) is 18.9 Å². The third kappa shape index (κ3) is 4.41. The van der Waals surface area contributed by atoms with Gasteiger partial charge in [0.1, 0.15) is 0 Å². The molecule has 1 rings (SSSR count). The number of amides is 1. The zero-order valence-corrected chi connectivity index (χ0v) is 11.3. The van der Waals surface area contributed by atoms with Gasteiger partial charge in [0, 0.05) is 6.54 Å². The van der Waals surface area contributed by atoms with E-state index < -0.39 is 17.6 Å². The van der Waals surface area contributed by atoms with Crippen LogP contribution < -0.4 is 16.6 Å². The number of rotatable bonds is 5. The fourth-order valence-electron chi connectivity index (χ4n) is 1.60. The van der Waals surface area contributed by atoms with Crippen molar-refractivity contribution in [2.24, 2.45) is 11.8 Å². The molecular weight excluding hydrogens is 271 g/mol. The predicted molar refractivity (Wildman–Crippen MR) is 71.0 cm³/mol. The van der Waals surface area contributed by atoms with E-state index in [1.165, 1.54) is 0 Å². The molecular formula is C13H18F3N3O. The maximum absolute atomic E-state index is 12.6. The number of anilines is 1. The smallest absolute Gasteiger partial charge is 0.352 e. The normalized spacial score (nSPS) is 11.6. The van der Waals surface area contributed by atoms with Gasteiger partial charge in [-0.15, -0.1) is 0 Å².